The van der Waals surface area contributed by atoms with E-state index in [9.17, 15) is 4.79 Å². The minimum Gasteiger partial charge on any atom is -0.394 e. The minimum absolute atomic E-state index is 0.191. The van der Waals surface area contributed by atoms with Gasteiger partial charge in [0, 0.05) is 11.8 Å². The first-order valence-electron chi connectivity index (χ1n) is 3.27. The van der Waals surface area contributed by atoms with Gasteiger partial charge in [0.15, 0.2) is 0 Å². The van der Waals surface area contributed by atoms with Crippen LogP contribution in [0, 0.1) is 11.8 Å². The predicted octanol–water partition coefficient (Wildman–Crippen LogP) is 0.704. The number of hydrogen-bond acceptors (Lipinski definition) is 2. The summed E-state index contributed by atoms with van der Waals surface area (Å²) in [6.07, 6.45) is 1.54. The van der Waals surface area contributed by atoms with Crippen LogP contribution in [0.4, 0.5) is 5.69 Å². The third-order valence-electron chi connectivity index (χ3n) is 1.23. The summed E-state index contributed by atoms with van der Waals surface area (Å²) in [6, 6.07) is 1.55. The number of H-pyrrole nitrogens is 1. The Bertz CT molecular complexity index is 386. The SMILES string of the molecule is Nc1cc(C#CCBr)c[nH]c1=O. The maximum atomic E-state index is 10.8. The molecule has 0 unspecified atom stereocenters. The van der Waals surface area contributed by atoms with Gasteiger partial charge in [-0.25, -0.2) is 0 Å². The first-order chi connectivity index (χ1) is 5.74. The molecule has 0 amide bonds. The van der Waals surface area contributed by atoms with Crippen LogP contribution in [0.25, 0.3) is 0 Å². The van der Waals surface area contributed by atoms with Crippen molar-refractivity contribution in [3.8, 4) is 11.8 Å². The highest BCUT2D eigenvalue weighted by Crippen LogP contribution is 1.96. The number of alkyl halides is 1. The van der Waals surface area contributed by atoms with Gasteiger partial charge in [-0.3, -0.25) is 4.79 Å². The second-order valence-corrected chi connectivity index (χ2v) is 2.67. The number of anilines is 1. The molecule has 62 valence electrons. The molecule has 3 nitrogen and oxygen atoms in total. The highest BCUT2D eigenvalue weighted by molar-refractivity contribution is 9.09. The second-order valence-electron chi connectivity index (χ2n) is 2.11. The van der Waals surface area contributed by atoms with Gasteiger partial charge in [0.05, 0.1) is 11.0 Å². The number of aromatic amines is 1. The van der Waals surface area contributed by atoms with Gasteiger partial charge in [-0.2, -0.15) is 0 Å². The minimum atomic E-state index is -0.278. The van der Waals surface area contributed by atoms with Crippen LogP contribution in [0.3, 0.4) is 0 Å². The average molecular weight is 227 g/mol. The Balaban J connectivity index is 3.05. The van der Waals surface area contributed by atoms with Crippen molar-refractivity contribution in [2.75, 3.05) is 11.1 Å². The summed E-state index contributed by atoms with van der Waals surface area (Å²) in [7, 11) is 0. The molecular formula is C8H7BrN2O. The fraction of sp³-hybridized carbons (Fsp3) is 0.125. The van der Waals surface area contributed by atoms with Gasteiger partial charge in [-0.05, 0) is 6.07 Å². The van der Waals surface area contributed by atoms with E-state index in [0.29, 0.717) is 10.9 Å². The lowest BCUT2D eigenvalue weighted by atomic mass is 10.3. The Labute approximate surface area is 78.1 Å². The molecule has 0 saturated heterocycles. The lowest BCUT2D eigenvalue weighted by Crippen LogP contribution is -2.10. The molecule has 0 bridgehead atoms. The number of nitrogen functional groups attached to an aromatic ring is 1. The molecule has 4 heteroatoms. The maximum Gasteiger partial charge on any atom is 0.271 e. The molecule has 0 aliphatic rings. The van der Waals surface area contributed by atoms with Gasteiger partial charge >= 0.3 is 0 Å². The third kappa shape index (κ3) is 2.14. The fourth-order valence-electron chi connectivity index (χ4n) is 0.709. The number of nitrogens with two attached hydrogens (primary N) is 1. The summed E-state index contributed by atoms with van der Waals surface area (Å²) < 4.78 is 0. The van der Waals surface area contributed by atoms with E-state index in [1.807, 2.05) is 0 Å². The number of nitrogens with one attached hydrogen (secondary N) is 1. The van der Waals surface area contributed by atoms with Crippen molar-refractivity contribution in [2.45, 2.75) is 0 Å². The van der Waals surface area contributed by atoms with Crippen LogP contribution in [-0.4, -0.2) is 10.3 Å². The molecule has 0 atom stereocenters. The monoisotopic (exact) mass is 226 g/mol. The van der Waals surface area contributed by atoms with E-state index in [1.54, 1.807) is 6.07 Å². The molecule has 0 spiro atoms. The smallest absolute Gasteiger partial charge is 0.271 e. The van der Waals surface area contributed by atoms with Gasteiger partial charge in [0.1, 0.15) is 0 Å². The number of pyridine rings is 1. The quantitative estimate of drug-likeness (QED) is 0.506. The Kier molecular flexibility index (Phi) is 2.94. The van der Waals surface area contributed by atoms with Gasteiger partial charge in [-0.1, -0.05) is 27.8 Å². The highest BCUT2D eigenvalue weighted by Gasteiger charge is 1.92. The summed E-state index contributed by atoms with van der Waals surface area (Å²) in [5.41, 5.74) is 6.00. The Hall–Kier alpha value is -1.21. The van der Waals surface area contributed by atoms with Gasteiger partial charge in [-0.15, -0.1) is 0 Å². The maximum absolute atomic E-state index is 10.8. The molecule has 1 aromatic heterocycles. The zero-order chi connectivity index (χ0) is 8.97. The van der Waals surface area contributed by atoms with Crippen molar-refractivity contribution in [1.82, 2.24) is 4.98 Å². The first-order valence-corrected chi connectivity index (χ1v) is 4.39. The third-order valence-corrected chi connectivity index (χ3v) is 1.51. The molecular weight excluding hydrogens is 220 g/mol. The van der Waals surface area contributed by atoms with Crippen LogP contribution in [-0.2, 0) is 0 Å². The normalized spacial score (nSPS) is 8.75. The molecule has 1 heterocycles. The molecule has 1 aromatic rings. The molecule has 0 aromatic carbocycles. The number of halogens is 1. The van der Waals surface area contributed by atoms with E-state index < -0.39 is 0 Å². The standard InChI is InChI=1S/C8H7BrN2O/c9-3-1-2-6-4-7(10)8(12)11-5-6/h4-5H,3,10H2,(H,11,12). The predicted molar refractivity (Wildman–Crippen MR) is 52.1 cm³/mol. The summed E-state index contributed by atoms with van der Waals surface area (Å²) >= 11 is 3.16. The van der Waals surface area contributed by atoms with Crippen LogP contribution in [0.5, 0.6) is 0 Å². The van der Waals surface area contributed by atoms with Crippen molar-refractivity contribution in [1.29, 1.82) is 0 Å². The lowest BCUT2D eigenvalue weighted by Gasteiger charge is -1.91. The second kappa shape index (κ2) is 3.98. The summed E-state index contributed by atoms with van der Waals surface area (Å²) in [5, 5.41) is 0.603. The molecule has 3 N–H and O–H groups in total. The van der Waals surface area contributed by atoms with Crippen LogP contribution in [0.2, 0.25) is 0 Å². The van der Waals surface area contributed by atoms with Crippen LogP contribution in [0.15, 0.2) is 17.1 Å². The molecule has 12 heavy (non-hydrogen) atoms. The van der Waals surface area contributed by atoms with Gasteiger partial charge in [0.25, 0.3) is 5.56 Å². The van der Waals surface area contributed by atoms with E-state index in [-0.39, 0.29) is 11.2 Å². The Morgan fingerprint density at radius 3 is 3.00 bits per heavy atom. The van der Waals surface area contributed by atoms with Crippen molar-refractivity contribution in [3.63, 3.8) is 0 Å². The first kappa shape index (κ1) is 8.88. The summed E-state index contributed by atoms with van der Waals surface area (Å²) in [5.74, 6) is 5.62. The molecule has 0 saturated carbocycles. The summed E-state index contributed by atoms with van der Waals surface area (Å²) in [4.78, 5) is 13.3. The van der Waals surface area contributed by atoms with Crippen LogP contribution >= 0.6 is 15.9 Å². The van der Waals surface area contributed by atoms with Gasteiger partial charge in [0.2, 0.25) is 0 Å². The topological polar surface area (TPSA) is 58.9 Å². The molecule has 0 aliphatic carbocycles. The zero-order valence-electron chi connectivity index (χ0n) is 6.23. The van der Waals surface area contributed by atoms with Crippen molar-refractivity contribution in [2.24, 2.45) is 0 Å². The number of hydrogen-bond donors (Lipinski definition) is 2. The molecule has 0 radical (unpaired) electrons. The largest absolute Gasteiger partial charge is 0.394 e. The Morgan fingerprint density at radius 2 is 2.42 bits per heavy atom. The number of aromatic nitrogens is 1. The molecule has 0 aliphatic heterocycles. The van der Waals surface area contributed by atoms with Crippen LogP contribution < -0.4 is 11.3 Å². The molecule has 0 fully saturated rings. The van der Waals surface area contributed by atoms with E-state index in [1.165, 1.54) is 6.20 Å². The van der Waals surface area contributed by atoms with Crippen molar-refractivity contribution in [3.05, 3.63) is 28.2 Å². The Morgan fingerprint density at radius 1 is 1.67 bits per heavy atom. The van der Waals surface area contributed by atoms with Gasteiger partial charge < -0.3 is 10.7 Å². The average Bonchev–Trinajstić information content (AvgIpc) is 2.07. The zero-order valence-corrected chi connectivity index (χ0v) is 7.81. The van der Waals surface area contributed by atoms with Crippen LogP contribution in [0.1, 0.15) is 5.56 Å². The lowest BCUT2D eigenvalue weighted by molar-refractivity contribution is 1.23. The molecule has 1 rings (SSSR count). The van der Waals surface area contributed by atoms with E-state index in [4.69, 9.17) is 5.73 Å². The van der Waals surface area contributed by atoms with E-state index >= 15 is 0 Å². The van der Waals surface area contributed by atoms with Crippen molar-refractivity contribution < 1.29 is 0 Å². The van der Waals surface area contributed by atoms with E-state index in [2.05, 4.69) is 32.8 Å². The van der Waals surface area contributed by atoms with E-state index in [0.717, 1.165) is 0 Å². The van der Waals surface area contributed by atoms with Crippen molar-refractivity contribution >= 4 is 21.6 Å². The fourth-order valence-corrected chi connectivity index (χ4v) is 0.849. The number of rotatable bonds is 0. The highest BCUT2D eigenvalue weighted by atomic mass is 79.9. The summed E-state index contributed by atoms with van der Waals surface area (Å²) in [6.45, 7) is 0.